The fraction of sp³-hybridized carbons (Fsp3) is 0.533. The highest BCUT2D eigenvalue weighted by Gasteiger charge is 2.36. The topological polar surface area (TPSA) is 38.4 Å². The lowest BCUT2D eigenvalue weighted by Crippen LogP contribution is -2.16. The van der Waals surface area contributed by atoms with Crippen LogP contribution in [0.3, 0.4) is 0 Å². The first-order chi connectivity index (χ1) is 18.9. The van der Waals surface area contributed by atoms with Gasteiger partial charge in [-0.25, -0.2) is 8.83 Å². The van der Waals surface area contributed by atoms with Gasteiger partial charge in [-0.15, -0.1) is 0 Å². The average molecular weight is 623 g/mol. The van der Waals surface area contributed by atoms with E-state index in [0.29, 0.717) is 0 Å². The molecule has 0 aliphatic heterocycles. The molecule has 0 amide bonds. The molecule has 0 radical (unpaired) electrons. The Morgan fingerprint density at radius 1 is 0.442 bits per heavy atom. The van der Waals surface area contributed by atoms with Crippen molar-refractivity contribution in [2.75, 3.05) is 0 Å². The maximum atomic E-state index is 9.75. The molecule has 0 saturated carbocycles. The summed E-state index contributed by atoms with van der Waals surface area (Å²) in [4.78, 5) is 3.68. The van der Waals surface area contributed by atoms with Crippen molar-refractivity contribution >= 4 is 14.5 Å². The fourth-order valence-electron chi connectivity index (χ4n) is 3.52. The van der Waals surface area contributed by atoms with Crippen molar-refractivity contribution in [3.05, 3.63) is 59.4 Å². The maximum absolute atomic E-state index is 9.75. The Hall–Kier alpha value is -2.85. The summed E-state index contributed by atoms with van der Waals surface area (Å²) < 4.78 is 90.7. The standard InChI is InChI=1S/C30H43NO2.2BF4/c1-27(2,3)23-15-19(16-24(32-23)28(4,5)6)21-13-14-22(31-21)20-17-25(29(7,8)9)33-26(18-20)30(10,11)12;2*2-1(3,4)5/h13-18,31H,1-12H3;;/q+2;2*-1. The van der Waals surface area contributed by atoms with Crippen LogP contribution in [-0.2, 0) is 21.7 Å². The summed E-state index contributed by atoms with van der Waals surface area (Å²) in [5.41, 5.74) is 4.18. The molecule has 242 valence electrons. The number of aromatic amines is 1. The molecule has 0 atom stereocenters. The van der Waals surface area contributed by atoms with E-state index in [9.17, 15) is 34.5 Å². The quantitative estimate of drug-likeness (QED) is 0.175. The second-order valence-electron chi connectivity index (χ2n) is 14.4. The summed E-state index contributed by atoms with van der Waals surface area (Å²) in [6, 6.07) is 13.0. The van der Waals surface area contributed by atoms with Crippen molar-refractivity contribution in [2.45, 2.75) is 105 Å². The minimum atomic E-state index is -6.00. The normalized spacial score (nSPS) is 13.1. The van der Waals surface area contributed by atoms with Gasteiger partial charge in [0.1, 0.15) is 0 Å². The molecule has 0 aromatic carbocycles. The molecule has 0 fully saturated rings. The van der Waals surface area contributed by atoms with Crippen LogP contribution < -0.4 is 0 Å². The van der Waals surface area contributed by atoms with Crippen molar-refractivity contribution in [1.82, 2.24) is 4.98 Å². The highest BCUT2D eigenvalue weighted by molar-refractivity contribution is 6.50. The zero-order valence-electron chi connectivity index (χ0n) is 27.0. The number of halogens is 8. The van der Waals surface area contributed by atoms with Gasteiger partial charge in [-0.1, -0.05) is 0 Å². The van der Waals surface area contributed by atoms with Gasteiger partial charge in [0.2, 0.25) is 0 Å². The van der Waals surface area contributed by atoms with E-state index in [0.717, 1.165) is 45.6 Å². The molecule has 0 unspecified atom stereocenters. The van der Waals surface area contributed by atoms with Gasteiger partial charge in [0.15, 0.2) is 0 Å². The monoisotopic (exact) mass is 623 g/mol. The number of aromatic nitrogens is 1. The van der Waals surface area contributed by atoms with Gasteiger partial charge in [-0.05, 0) is 95.2 Å². The van der Waals surface area contributed by atoms with E-state index in [2.05, 4.69) is 124 Å². The fourth-order valence-corrected chi connectivity index (χ4v) is 3.52. The van der Waals surface area contributed by atoms with Crippen LogP contribution in [0.25, 0.3) is 22.5 Å². The first kappa shape index (κ1) is 38.2. The number of rotatable bonds is 2. The zero-order valence-corrected chi connectivity index (χ0v) is 27.0. The maximum Gasteiger partial charge on any atom is 0.673 e. The van der Waals surface area contributed by atoms with Crippen LogP contribution in [0.5, 0.6) is 0 Å². The van der Waals surface area contributed by atoms with E-state index in [1.165, 1.54) is 0 Å². The minimum Gasteiger partial charge on any atom is -0.418 e. The third-order valence-electron chi connectivity index (χ3n) is 5.85. The Kier molecular flexibility index (Phi) is 11.6. The lowest BCUT2D eigenvalue weighted by atomic mass is 9.88. The Balaban J connectivity index is 0.000000798. The summed E-state index contributed by atoms with van der Waals surface area (Å²) in [6.07, 6.45) is 0. The molecule has 1 N–H and O–H groups in total. The Bertz CT molecular complexity index is 1180. The van der Waals surface area contributed by atoms with E-state index in [4.69, 9.17) is 8.83 Å². The smallest absolute Gasteiger partial charge is 0.418 e. The van der Waals surface area contributed by atoms with Gasteiger partial charge in [0.25, 0.3) is 0 Å². The van der Waals surface area contributed by atoms with Crippen LogP contribution in [0.4, 0.5) is 34.5 Å². The molecule has 0 aliphatic rings. The highest BCUT2D eigenvalue weighted by atomic mass is 19.5. The summed E-state index contributed by atoms with van der Waals surface area (Å²) in [5, 5.41) is 0. The predicted octanol–water partition coefficient (Wildman–Crippen LogP) is 11.9. The Morgan fingerprint density at radius 3 is 0.791 bits per heavy atom. The Labute approximate surface area is 249 Å². The van der Waals surface area contributed by atoms with Crippen LogP contribution in [-0.4, -0.2) is 19.5 Å². The number of H-pyrrole nitrogens is 1. The van der Waals surface area contributed by atoms with E-state index < -0.39 is 14.5 Å². The molecule has 13 heteroatoms. The lowest BCUT2D eigenvalue weighted by Gasteiger charge is -2.15. The van der Waals surface area contributed by atoms with E-state index >= 15 is 0 Å². The number of hydrogen-bond acceptors (Lipinski definition) is 0. The summed E-state index contributed by atoms with van der Waals surface area (Å²) in [6.45, 7) is 26.3. The average Bonchev–Trinajstić information content (AvgIpc) is 3.24. The molecule has 0 saturated heterocycles. The zero-order chi connectivity index (χ0) is 34.0. The number of hydrogen-bond donors (Lipinski definition) is 1. The van der Waals surface area contributed by atoms with Crippen molar-refractivity contribution in [3.8, 4) is 22.5 Å². The van der Waals surface area contributed by atoms with Gasteiger partial charge in [0, 0.05) is 46.8 Å². The van der Waals surface area contributed by atoms with Crippen LogP contribution in [0.15, 0.2) is 45.2 Å². The van der Waals surface area contributed by atoms with Crippen molar-refractivity contribution in [1.29, 1.82) is 0 Å². The van der Waals surface area contributed by atoms with Gasteiger partial charge < -0.3 is 39.5 Å². The van der Waals surface area contributed by atoms with E-state index in [1.54, 1.807) is 0 Å². The molecule has 3 aromatic heterocycles. The van der Waals surface area contributed by atoms with Gasteiger partial charge in [0.05, 0.1) is 21.7 Å². The second-order valence-corrected chi connectivity index (χ2v) is 14.4. The molecule has 0 aliphatic carbocycles. The summed E-state index contributed by atoms with van der Waals surface area (Å²) in [5.74, 6) is 3.96. The molecule has 3 heterocycles. The molecule has 0 spiro atoms. The first-order valence-corrected chi connectivity index (χ1v) is 13.8. The third kappa shape index (κ3) is 14.0. The van der Waals surface area contributed by atoms with Crippen LogP contribution in [0.1, 0.15) is 106 Å². The third-order valence-corrected chi connectivity index (χ3v) is 5.85. The van der Waals surface area contributed by atoms with Crippen LogP contribution in [0.2, 0.25) is 0 Å². The van der Waals surface area contributed by atoms with Gasteiger partial charge >= 0.3 is 37.5 Å². The van der Waals surface area contributed by atoms with Crippen LogP contribution in [0, 0.1) is 0 Å². The second kappa shape index (κ2) is 13.0. The number of nitrogens with one attached hydrogen (secondary N) is 1. The van der Waals surface area contributed by atoms with Gasteiger partial charge in [-0.3, -0.25) is 0 Å². The van der Waals surface area contributed by atoms with Crippen molar-refractivity contribution in [2.24, 2.45) is 0 Å². The molecule has 43 heavy (non-hydrogen) atoms. The van der Waals surface area contributed by atoms with Crippen molar-refractivity contribution in [3.63, 3.8) is 0 Å². The van der Waals surface area contributed by atoms with E-state index in [-0.39, 0.29) is 21.7 Å². The molecule has 3 aromatic rings. The molecular weight excluding hydrogens is 580 g/mol. The first-order valence-electron chi connectivity index (χ1n) is 13.8. The molecule has 0 bridgehead atoms. The van der Waals surface area contributed by atoms with Crippen LogP contribution >= 0.6 is 0 Å². The van der Waals surface area contributed by atoms with E-state index in [1.807, 2.05) is 0 Å². The molecule has 3 nitrogen and oxygen atoms in total. The SMILES string of the molecule is CC(C)(C)c1cc(-c2ccc(-c3cc(C(C)(C)C)[o+]c(C(C)(C)C)c3)[nH]2)cc(C(C)(C)C)[o+]1.F[B-](F)(F)F.F[B-](F)(F)F. The lowest BCUT2D eigenvalue weighted by molar-refractivity contribution is 0.329. The minimum absolute atomic E-state index is 0.0738. The van der Waals surface area contributed by atoms with Gasteiger partial charge in [-0.2, -0.15) is 0 Å². The largest absolute Gasteiger partial charge is 0.673 e. The summed E-state index contributed by atoms with van der Waals surface area (Å²) >= 11 is 0. The summed E-state index contributed by atoms with van der Waals surface area (Å²) in [7, 11) is -12.0. The molecule has 3 rings (SSSR count). The highest BCUT2D eigenvalue weighted by Crippen LogP contribution is 2.37. The van der Waals surface area contributed by atoms with Crippen molar-refractivity contribution < 1.29 is 43.4 Å². The molecular formula is C30H43B2F8NO2. The predicted molar refractivity (Wildman–Crippen MR) is 160 cm³/mol. The Morgan fingerprint density at radius 2 is 0.628 bits per heavy atom.